The fourth-order valence-corrected chi connectivity index (χ4v) is 3.47. The van der Waals surface area contributed by atoms with Gasteiger partial charge in [-0.2, -0.15) is 0 Å². The zero-order valence-corrected chi connectivity index (χ0v) is 18.5. The van der Waals surface area contributed by atoms with Crippen molar-refractivity contribution in [1.82, 2.24) is 10.6 Å². The Bertz CT molecular complexity index is 465. The third kappa shape index (κ3) is 9.21. The van der Waals surface area contributed by atoms with E-state index in [9.17, 15) is 0 Å². The Hall–Kier alpha value is -0.380. The maximum atomic E-state index is 5.78. The fourth-order valence-electron chi connectivity index (χ4n) is 2.69. The van der Waals surface area contributed by atoms with Crippen LogP contribution in [0.3, 0.4) is 0 Å². The lowest BCUT2D eigenvalue weighted by atomic mass is 10.0. The molecule has 1 aromatic rings. The molecular formula is C18H32IN3O2S. The summed E-state index contributed by atoms with van der Waals surface area (Å²) >= 11 is 1.80. The van der Waals surface area contributed by atoms with E-state index in [0.29, 0.717) is 11.8 Å². The van der Waals surface area contributed by atoms with E-state index >= 15 is 0 Å². The van der Waals surface area contributed by atoms with Crippen LogP contribution in [0.2, 0.25) is 0 Å². The van der Waals surface area contributed by atoms with Crippen LogP contribution in [0.25, 0.3) is 0 Å². The number of halogens is 1. The SMILES string of the molecule is CN=C(NCCCOCC1CCOCC1)NCC(C)c1cccs1.I. The van der Waals surface area contributed by atoms with Crippen LogP contribution in [-0.4, -0.2) is 52.5 Å². The molecule has 1 saturated heterocycles. The summed E-state index contributed by atoms with van der Waals surface area (Å²) in [6, 6.07) is 4.28. The first-order chi connectivity index (χ1) is 11.8. The number of nitrogens with one attached hydrogen (secondary N) is 2. The first-order valence-electron chi connectivity index (χ1n) is 8.93. The second-order valence-corrected chi connectivity index (χ2v) is 7.26. The molecule has 2 heterocycles. The maximum absolute atomic E-state index is 5.78. The van der Waals surface area contributed by atoms with Crippen molar-refractivity contribution in [1.29, 1.82) is 0 Å². The molecule has 5 nitrogen and oxygen atoms in total. The van der Waals surface area contributed by atoms with Gasteiger partial charge in [0.15, 0.2) is 5.96 Å². The number of hydrogen-bond donors (Lipinski definition) is 2. The van der Waals surface area contributed by atoms with E-state index in [2.05, 4.69) is 40.1 Å². The van der Waals surface area contributed by atoms with Gasteiger partial charge < -0.3 is 20.1 Å². The fraction of sp³-hybridized carbons (Fsp3) is 0.722. The summed E-state index contributed by atoms with van der Waals surface area (Å²) in [6.07, 6.45) is 3.26. The van der Waals surface area contributed by atoms with Gasteiger partial charge in [0, 0.05) is 57.4 Å². The summed E-state index contributed by atoms with van der Waals surface area (Å²) in [6.45, 7) is 7.45. The van der Waals surface area contributed by atoms with Gasteiger partial charge in [-0.1, -0.05) is 13.0 Å². The second kappa shape index (κ2) is 13.8. The van der Waals surface area contributed by atoms with Gasteiger partial charge in [0.05, 0.1) is 0 Å². The van der Waals surface area contributed by atoms with Crippen LogP contribution in [0.4, 0.5) is 0 Å². The smallest absolute Gasteiger partial charge is 0.190 e. The first-order valence-corrected chi connectivity index (χ1v) is 9.81. The van der Waals surface area contributed by atoms with Crippen LogP contribution in [-0.2, 0) is 9.47 Å². The highest BCUT2D eigenvalue weighted by molar-refractivity contribution is 14.0. The van der Waals surface area contributed by atoms with Crippen molar-refractivity contribution in [3.05, 3.63) is 22.4 Å². The number of nitrogens with zero attached hydrogens (tertiary/aromatic N) is 1. The van der Waals surface area contributed by atoms with E-state index in [1.165, 1.54) is 4.88 Å². The lowest BCUT2D eigenvalue weighted by molar-refractivity contribution is 0.0203. The summed E-state index contributed by atoms with van der Waals surface area (Å²) in [4.78, 5) is 5.68. The van der Waals surface area contributed by atoms with Gasteiger partial charge in [-0.15, -0.1) is 35.3 Å². The average molecular weight is 481 g/mol. The number of thiophene rings is 1. The molecule has 1 aromatic heterocycles. The molecule has 0 aromatic carbocycles. The van der Waals surface area contributed by atoms with Crippen molar-refractivity contribution in [2.45, 2.75) is 32.1 Å². The molecule has 0 spiro atoms. The number of hydrogen-bond acceptors (Lipinski definition) is 4. The lowest BCUT2D eigenvalue weighted by Gasteiger charge is -2.21. The normalized spacial score (nSPS) is 17.0. The average Bonchev–Trinajstić information content (AvgIpc) is 3.16. The van der Waals surface area contributed by atoms with Crippen LogP contribution in [0.1, 0.15) is 37.0 Å². The van der Waals surface area contributed by atoms with Gasteiger partial charge in [-0.3, -0.25) is 4.99 Å². The van der Waals surface area contributed by atoms with Gasteiger partial charge in [0.2, 0.25) is 0 Å². The zero-order chi connectivity index (χ0) is 17.0. The highest BCUT2D eigenvalue weighted by Crippen LogP contribution is 2.19. The van der Waals surface area contributed by atoms with Gasteiger partial charge in [0.25, 0.3) is 0 Å². The van der Waals surface area contributed by atoms with Crippen LogP contribution in [0.15, 0.2) is 22.5 Å². The third-order valence-corrected chi connectivity index (χ3v) is 5.38. The molecule has 0 aliphatic carbocycles. The standard InChI is InChI=1S/C18H31N3O2S.HI/c1-15(17-5-3-12-24-17)13-21-18(19-2)20-8-4-9-23-14-16-6-10-22-11-7-16;/h3,5,12,15-16H,4,6-11,13-14H2,1-2H3,(H2,19,20,21);1H. The first kappa shape index (κ1) is 22.7. The van der Waals surface area contributed by atoms with E-state index in [0.717, 1.165) is 64.7 Å². The Morgan fingerprint density at radius 1 is 1.40 bits per heavy atom. The monoisotopic (exact) mass is 481 g/mol. The summed E-state index contributed by atoms with van der Waals surface area (Å²) in [7, 11) is 1.81. The van der Waals surface area contributed by atoms with Crippen LogP contribution in [0, 0.1) is 5.92 Å². The predicted molar refractivity (Wildman–Crippen MR) is 116 cm³/mol. The van der Waals surface area contributed by atoms with Crippen molar-refractivity contribution in [2.75, 3.05) is 46.6 Å². The Labute approximate surface area is 173 Å². The summed E-state index contributed by atoms with van der Waals surface area (Å²) in [5, 5.41) is 8.87. The third-order valence-electron chi connectivity index (χ3n) is 4.28. The number of guanidine groups is 1. The zero-order valence-electron chi connectivity index (χ0n) is 15.3. The topological polar surface area (TPSA) is 54.9 Å². The highest BCUT2D eigenvalue weighted by atomic mass is 127. The molecule has 0 bridgehead atoms. The Morgan fingerprint density at radius 2 is 2.20 bits per heavy atom. The highest BCUT2D eigenvalue weighted by Gasteiger charge is 2.13. The Kier molecular flexibility index (Phi) is 12.5. The van der Waals surface area contributed by atoms with E-state index in [-0.39, 0.29) is 24.0 Å². The summed E-state index contributed by atoms with van der Waals surface area (Å²) < 4.78 is 11.1. The lowest BCUT2D eigenvalue weighted by Crippen LogP contribution is -2.39. The molecule has 144 valence electrons. The minimum Gasteiger partial charge on any atom is -0.381 e. The molecule has 7 heteroatoms. The second-order valence-electron chi connectivity index (χ2n) is 6.28. The molecule has 2 N–H and O–H groups in total. The van der Waals surface area contributed by atoms with E-state index < -0.39 is 0 Å². The molecule has 1 fully saturated rings. The molecule has 1 unspecified atom stereocenters. The molecule has 2 rings (SSSR count). The van der Waals surface area contributed by atoms with Gasteiger partial charge in [-0.05, 0) is 36.6 Å². The quantitative estimate of drug-likeness (QED) is 0.246. The number of aliphatic imine (C=N–C) groups is 1. The largest absolute Gasteiger partial charge is 0.381 e. The molecule has 25 heavy (non-hydrogen) atoms. The Morgan fingerprint density at radius 3 is 2.88 bits per heavy atom. The van der Waals surface area contributed by atoms with Crippen LogP contribution < -0.4 is 10.6 Å². The summed E-state index contributed by atoms with van der Waals surface area (Å²) in [5.74, 6) is 2.04. The molecule has 0 saturated carbocycles. The molecule has 0 amide bonds. The minimum atomic E-state index is 0. The van der Waals surface area contributed by atoms with E-state index in [4.69, 9.17) is 9.47 Å². The van der Waals surface area contributed by atoms with Crippen molar-refractivity contribution in [2.24, 2.45) is 10.9 Å². The van der Waals surface area contributed by atoms with E-state index in [1.807, 2.05) is 7.05 Å². The van der Waals surface area contributed by atoms with Crippen molar-refractivity contribution in [3.63, 3.8) is 0 Å². The molecule has 1 atom stereocenters. The van der Waals surface area contributed by atoms with Crippen molar-refractivity contribution < 1.29 is 9.47 Å². The number of ether oxygens (including phenoxy) is 2. The number of rotatable bonds is 9. The minimum absolute atomic E-state index is 0. The van der Waals surface area contributed by atoms with E-state index in [1.54, 1.807) is 11.3 Å². The van der Waals surface area contributed by atoms with Gasteiger partial charge in [-0.25, -0.2) is 0 Å². The molecular weight excluding hydrogens is 449 g/mol. The molecule has 1 aliphatic rings. The van der Waals surface area contributed by atoms with Crippen LogP contribution in [0.5, 0.6) is 0 Å². The Balaban J connectivity index is 0.00000312. The van der Waals surface area contributed by atoms with Crippen molar-refractivity contribution in [3.8, 4) is 0 Å². The predicted octanol–water partition coefficient (Wildman–Crippen LogP) is 3.47. The summed E-state index contributed by atoms with van der Waals surface area (Å²) in [5.41, 5.74) is 0. The maximum Gasteiger partial charge on any atom is 0.190 e. The molecule has 1 aliphatic heterocycles. The van der Waals surface area contributed by atoms with Gasteiger partial charge >= 0.3 is 0 Å². The van der Waals surface area contributed by atoms with Crippen LogP contribution >= 0.6 is 35.3 Å². The van der Waals surface area contributed by atoms with Crippen molar-refractivity contribution >= 4 is 41.3 Å². The molecule has 0 radical (unpaired) electrons. The van der Waals surface area contributed by atoms with Gasteiger partial charge in [0.1, 0.15) is 0 Å².